The number of amides is 2. The number of hydrogen-bond donors (Lipinski definition) is 2. The summed E-state index contributed by atoms with van der Waals surface area (Å²) in [5.41, 5.74) is 2.55. The van der Waals surface area contributed by atoms with Crippen LogP contribution in [0.2, 0.25) is 0 Å². The molecule has 26 heavy (non-hydrogen) atoms. The summed E-state index contributed by atoms with van der Waals surface area (Å²) in [5, 5.41) is 5.34. The maximum absolute atomic E-state index is 12.2. The van der Waals surface area contributed by atoms with E-state index in [1.807, 2.05) is 50.2 Å². The lowest BCUT2D eigenvalue weighted by Crippen LogP contribution is -2.25. The van der Waals surface area contributed by atoms with Crippen molar-refractivity contribution in [2.45, 2.75) is 26.0 Å². The van der Waals surface area contributed by atoms with Crippen LogP contribution in [0.4, 0.5) is 11.4 Å². The van der Waals surface area contributed by atoms with Gasteiger partial charge in [0, 0.05) is 11.4 Å². The number of benzene rings is 2. The lowest BCUT2D eigenvalue weighted by Gasteiger charge is -2.13. The number of anilines is 2. The Bertz CT molecular complexity index is 747. The van der Waals surface area contributed by atoms with Gasteiger partial charge in [-0.3, -0.25) is 9.59 Å². The summed E-state index contributed by atoms with van der Waals surface area (Å²) in [5.74, 6) is 0.718. The second-order valence-electron chi connectivity index (χ2n) is 5.82. The van der Waals surface area contributed by atoms with E-state index in [2.05, 4.69) is 10.6 Å². The molecule has 0 saturated carbocycles. The van der Waals surface area contributed by atoms with E-state index in [0.29, 0.717) is 12.3 Å². The Morgan fingerprint density at radius 1 is 1.08 bits per heavy atom. The molecule has 2 rings (SSSR count). The number of carbonyl (C=O) groups is 2. The van der Waals surface area contributed by atoms with Crippen molar-refractivity contribution in [1.29, 1.82) is 0 Å². The first-order valence-electron chi connectivity index (χ1n) is 8.49. The number of ether oxygens (including phenoxy) is 1. The van der Waals surface area contributed by atoms with Crippen LogP contribution in [0.5, 0.6) is 5.75 Å². The maximum Gasteiger partial charge on any atom is 0.237 e. The lowest BCUT2D eigenvalue weighted by atomic mass is 10.2. The Morgan fingerprint density at radius 3 is 2.46 bits per heavy atom. The molecule has 0 aliphatic heterocycles. The van der Waals surface area contributed by atoms with Gasteiger partial charge in [-0.15, -0.1) is 11.8 Å². The fourth-order valence-electron chi connectivity index (χ4n) is 2.24. The third kappa shape index (κ3) is 6.44. The molecule has 0 fully saturated rings. The molecule has 6 heteroatoms. The first kappa shape index (κ1) is 19.8. The second kappa shape index (κ2) is 9.87. The molecule has 5 nitrogen and oxygen atoms in total. The zero-order chi connectivity index (χ0) is 18.9. The molecular weight excluding hydrogens is 348 g/mol. The van der Waals surface area contributed by atoms with E-state index in [9.17, 15) is 9.59 Å². The fourth-order valence-corrected chi connectivity index (χ4v) is 2.93. The standard InChI is InChI=1S/C20H24N2O3S/c1-4-25-18-10-8-16(9-11-18)22-20(24)15(3)26-13-19(23)21-17-7-5-6-14(2)12-17/h5-12,15H,4,13H2,1-3H3,(H,21,23)(H,22,24). The summed E-state index contributed by atoms with van der Waals surface area (Å²) < 4.78 is 5.37. The highest BCUT2D eigenvalue weighted by Gasteiger charge is 2.15. The maximum atomic E-state index is 12.2. The van der Waals surface area contributed by atoms with Gasteiger partial charge >= 0.3 is 0 Å². The fraction of sp³-hybridized carbons (Fsp3) is 0.300. The minimum Gasteiger partial charge on any atom is -0.494 e. The van der Waals surface area contributed by atoms with Gasteiger partial charge < -0.3 is 15.4 Å². The Balaban J connectivity index is 1.78. The van der Waals surface area contributed by atoms with Crippen LogP contribution in [0.1, 0.15) is 19.4 Å². The lowest BCUT2D eigenvalue weighted by molar-refractivity contribution is -0.115. The van der Waals surface area contributed by atoms with Crippen LogP contribution in [0, 0.1) is 6.92 Å². The quantitative estimate of drug-likeness (QED) is 0.732. The second-order valence-corrected chi connectivity index (χ2v) is 7.15. The van der Waals surface area contributed by atoms with Gasteiger partial charge in [0.25, 0.3) is 0 Å². The SMILES string of the molecule is CCOc1ccc(NC(=O)C(C)SCC(=O)Nc2cccc(C)c2)cc1. The molecule has 0 aliphatic carbocycles. The average molecular weight is 372 g/mol. The van der Waals surface area contributed by atoms with E-state index in [-0.39, 0.29) is 22.8 Å². The molecule has 2 N–H and O–H groups in total. The van der Waals surface area contributed by atoms with Gasteiger partial charge in [-0.2, -0.15) is 0 Å². The summed E-state index contributed by atoms with van der Waals surface area (Å²) in [4.78, 5) is 24.3. The predicted molar refractivity (Wildman–Crippen MR) is 108 cm³/mol. The number of aryl methyl sites for hydroxylation is 1. The number of rotatable bonds is 8. The summed E-state index contributed by atoms with van der Waals surface area (Å²) >= 11 is 1.30. The molecule has 2 aromatic carbocycles. The third-order valence-corrected chi connectivity index (χ3v) is 4.71. The van der Waals surface area contributed by atoms with Gasteiger partial charge in [0.15, 0.2) is 0 Å². The van der Waals surface area contributed by atoms with Gasteiger partial charge in [-0.1, -0.05) is 12.1 Å². The molecule has 2 amide bonds. The van der Waals surface area contributed by atoms with Crippen molar-refractivity contribution >= 4 is 35.0 Å². The molecule has 0 radical (unpaired) electrons. The Hall–Kier alpha value is -2.47. The summed E-state index contributed by atoms with van der Waals surface area (Å²) in [7, 11) is 0. The number of thioether (sulfide) groups is 1. The van der Waals surface area contributed by atoms with Crippen molar-refractivity contribution in [3.8, 4) is 5.75 Å². The van der Waals surface area contributed by atoms with E-state index in [1.165, 1.54) is 11.8 Å². The van der Waals surface area contributed by atoms with E-state index in [0.717, 1.165) is 17.0 Å². The average Bonchev–Trinajstić information content (AvgIpc) is 2.61. The van der Waals surface area contributed by atoms with E-state index < -0.39 is 0 Å². The highest BCUT2D eigenvalue weighted by Crippen LogP contribution is 2.18. The normalized spacial score (nSPS) is 11.5. The minimum absolute atomic E-state index is 0.124. The van der Waals surface area contributed by atoms with Crippen LogP contribution in [0.3, 0.4) is 0 Å². The zero-order valence-corrected chi connectivity index (χ0v) is 16.1. The molecule has 1 unspecified atom stereocenters. The van der Waals surface area contributed by atoms with Gasteiger partial charge in [0.2, 0.25) is 11.8 Å². The van der Waals surface area contributed by atoms with Crippen molar-refractivity contribution < 1.29 is 14.3 Å². The molecule has 2 aromatic rings. The first-order valence-corrected chi connectivity index (χ1v) is 9.54. The van der Waals surface area contributed by atoms with Gasteiger partial charge in [0.05, 0.1) is 17.6 Å². The van der Waals surface area contributed by atoms with Crippen molar-refractivity contribution in [2.75, 3.05) is 23.0 Å². The Kier molecular flexibility index (Phi) is 7.53. The topological polar surface area (TPSA) is 67.4 Å². The van der Waals surface area contributed by atoms with Gasteiger partial charge in [0.1, 0.15) is 5.75 Å². The highest BCUT2D eigenvalue weighted by molar-refractivity contribution is 8.01. The number of carbonyl (C=O) groups excluding carboxylic acids is 2. The summed E-state index contributed by atoms with van der Waals surface area (Å²) in [6.45, 7) is 6.28. The van der Waals surface area contributed by atoms with E-state index in [1.54, 1.807) is 19.1 Å². The zero-order valence-electron chi connectivity index (χ0n) is 15.2. The molecule has 0 aromatic heterocycles. The van der Waals surface area contributed by atoms with Crippen LogP contribution < -0.4 is 15.4 Å². The van der Waals surface area contributed by atoms with Crippen LogP contribution in [-0.2, 0) is 9.59 Å². The molecule has 0 bridgehead atoms. The smallest absolute Gasteiger partial charge is 0.237 e. The third-order valence-electron chi connectivity index (χ3n) is 3.57. The van der Waals surface area contributed by atoms with Crippen molar-refractivity contribution in [2.24, 2.45) is 0 Å². The van der Waals surface area contributed by atoms with Crippen LogP contribution >= 0.6 is 11.8 Å². The summed E-state index contributed by atoms with van der Waals surface area (Å²) in [6.07, 6.45) is 0. The molecular formula is C20H24N2O3S. The van der Waals surface area contributed by atoms with E-state index >= 15 is 0 Å². The van der Waals surface area contributed by atoms with Crippen molar-refractivity contribution in [3.05, 3.63) is 54.1 Å². The number of nitrogens with one attached hydrogen (secondary N) is 2. The monoisotopic (exact) mass is 372 g/mol. The Labute approximate surface area is 158 Å². The van der Waals surface area contributed by atoms with Crippen LogP contribution in [0.25, 0.3) is 0 Å². The highest BCUT2D eigenvalue weighted by atomic mass is 32.2. The first-order chi connectivity index (χ1) is 12.5. The molecule has 0 aliphatic rings. The molecule has 0 heterocycles. The Morgan fingerprint density at radius 2 is 1.81 bits per heavy atom. The molecule has 138 valence electrons. The summed E-state index contributed by atoms with van der Waals surface area (Å²) in [6, 6.07) is 14.8. The molecule has 0 spiro atoms. The van der Waals surface area contributed by atoms with Gasteiger partial charge in [-0.25, -0.2) is 0 Å². The molecule has 1 atom stereocenters. The largest absolute Gasteiger partial charge is 0.494 e. The van der Waals surface area contributed by atoms with Gasteiger partial charge in [-0.05, 0) is 62.7 Å². The molecule has 0 saturated heterocycles. The van der Waals surface area contributed by atoms with Crippen molar-refractivity contribution in [3.63, 3.8) is 0 Å². The van der Waals surface area contributed by atoms with Crippen molar-refractivity contribution in [1.82, 2.24) is 0 Å². The predicted octanol–water partition coefficient (Wildman–Crippen LogP) is 4.09. The van der Waals surface area contributed by atoms with Crippen LogP contribution in [-0.4, -0.2) is 29.4 Å². The minimum atomic E-state index is -0.343. The number of hydrogen-bond acceptors (Lipinski definition) is 4. The van der Waals surface area contributed by atoms with E-state index in [4.69, 9.17) is 4.74 Å². The van der Waals surface area contributed by atoms with Crippen LogP contribution in [0.15, 0.2) is 48.5 Å².